The second-order valence-corrected chi connectivity index (χ2v) is 38.4. The molecule has 0 bridgehead atoms. The molecule has 12 aliphatic heterocycles. The Balaban J connectivity index is 0.000000144. The van der Waals surface area contributed by atoms with Gasteiger partial charge in [0, 0.05) is 89.9 Å². The standard InChI is InChI=1S/C21H20FNO3.C19H23FN2O6.C19H25FN2O4.C15H18FN3O3.C13H14FN3O4.C13H15FN2O2.B/c1-14-17-12-25-20(11-19(24)15-7-3-2-4-8-15)23-21(17,13-26-14)16-9-5-6-10-18(16)22;1-11-14-9-26-16(8-17(23)28-18(2,3)4)21-19(14,10-27-11)13-7-12(22(24)25)5-6-15(13)20;1-11-14-9-24-16(8-17(23)26-18(2,3)4)22-19(14,10-25-11)13-7-12(21)5-6-15(13)20;1-8-12-6-21-14(17)19-15(12,7-22-8)11-5-10(18-9(2)20)3-4-13(11)16;1-7-10-5-20-12(15)16-13(10,6-21-7)9-4-8(17(18)19)2-3-11(9)14;1-8-10-6-17-12(15)16-13(10,7-18-8)9-4-2-3-5-11(9)14;/h2-10,14,17H,11-13H2,1H3;5-7,11,14H,8-10H2,1-4H3;5-7,11,14H,8-10,21H2,1-4H3;3-5,8,12H,6-7H2,1-2H3,(H2,17,19)(H,18,20);2-4,7,10H,5-6H2,1H3,(H2,15,16);2-5,8,10H,6-7H2,1H3,(H2,15,16);/t14-,17-,21-;2*11-,14-,19-;8-,12-,15-;7-,10-,13-;8-,10-,13-;/m111111./s1. The Hall–Kier alpha value is -13.2. The summed E-state index contributed by atoms with van der Waals surface area (Å²) in [6.07, 6.45) is -1.15. The number of nitrogens with zero attached hydrogens (tertiary/aromatic N) is 8. The summed E-state index contributed by atoms with van der Waals surface area (Å²) in [7, 11) is 0. The molecule has 42 heteroatoms. The van der Waals surface area contributed by atoms with Crippen molar-refractivity contribution in [1.82, 2.24) is 0 Å². The average molecular weight is 1980 g/mol. The van der Waals surface area contributed by atoms with Gasteiger partial charge in [-0.25, -0.2) is 56.3 Å². The van der Waals surface area contributed by atoms with Crippen LogP contribution in [0.25, 0.3) is 0 Å². The van der Waals surface area contributed by atoms with Gasteiger partial charge in [-0.2, -0.15) is 0 Å². The Morgan fingerprint density at radius 3 is 1.00 bits per heavy atom. The summed E-state index contributed by atoms with van der Waals surface area (Å²) in [6.45, 7) is 26.4. The maximum Gasteiger partial charge on any atom is 0.315 e. The maximum absolute atomic E-state index is 14.7. The van der Waals surface area contributed by atoms with Gasteiger partial charge in [-0.15, -0.1) is 0 Å². The van der Waals surface area contributed by atoms with E-state index in [1.54, 1.807) is 102 Å². The van der Waals surface area contributed by atoms with Gasteiger partial charge in [0.05, 0.1) is 168 Å². The van der Waals surface area contributed by atoms with Crippen molar-refractivity contribution in [3.8, 4) is 0 Å². The molecule has 0 aliphatic carbocycles. The number of anilines is 2. The van der Waals surface area contributed by atoms with Gasteiger partial charge < -0.3 is 94.6 Å². The fraction of sp³-hybridized carbons (Fsp3) is 0.480. The lowest BCUT2D eigenvalue weighted by molar-refractivity contribution is -0.385. The number of nitrogens with one attached hydrogen (secondary N) is 1. The highest BCUT2D eigenvalue weighted by Gasteiger charge is 2.60. The van der Waals surface area contributed by atoms with Crippen molar-refractivity contribution in [3.63, 3.8) is 0 Å². The first-order valence-electron chi connectivity index (χ1n) is 46.0. The number of nitrogens with two attached hydrogens (primary N) is 4. The van der Waals surface area contributed by atoms with Crippen molar-refractivity contribution < 1.29 is 122 Å². The van der Waals surface area contributed by atoms with Crippen molar-refractivity contribution in [2.45, 2.75) is 190 Å². The van der Waals surface area contributed by atoms with Gasteiger partial charge in [-0.05, 0) is 144 Å². The quantitative estimate of drug-likeness (QED) is 0.0114. The lowest BCUT2D eigenvalue weighted by Crippen LogP contribution is -2.45. The number of esters is 2. The molecule has 12 aliphatic rings. The summed E-state index contributed by atoms with van der Waals surface area (Å²) in [4.78, 5) is 95.9. The minimum absolute atomic E-state index is 0. The third-order valence-corrected chi connectivity index (χ3v) is 26.9. The van der Waals surface area contributed by atoms with E-state index in [1.165, 1.54) is 55.5 Å². The predicted octanol–water partition coefficient (Wildman–Crippen LogP) is 13.4. The van der Waals surface area contributed by atoms with Crippen molar-refractivity contribution in [2.24, 2.45) is 82.7 Å². The summed E-state index contributed by atoms with van der Waals surface area (Å²) >= 11 is 0. The minimum atomic E-state index is -1.19. The number of halogens is 6. The number of non-ortho nitro benzene ring substituents is 2. The minimum Gasteiger partial charge on any atom is -0.480 e. The summed E-state index contributed by atoms with van der Waals surface area (Å²) in [5.74, 6) is -4.15. The van der Waals surface area contributed by atoms with Crippen LogP contribution in [-0.4, -0.2) is 205 Å². The van der Waals surface area contributed by atoms with Gasteiger partial charge in [0.2, 0.25) is 5.91 Å². The van der Waals surface area contributed by atoms with E-state index in [2.05, 4.69) is 30.3 Å². The molecule has 9 N–H and O–H groups in total. The zero-order valence-corrected chi connectivity index (χ0v) is 80.7. The number of nitro benzene ring substituents is 2. The van der Waals surface area contributed by atoms with Gasteiger partial charge in [0.25, 0.3) is 29.4 Å². The van der Waals surface area contributed by atoms with Crippen LogP contribution in [0.1, 0.15) is 153 Å². The number of nitro groups is 2. The number of ketones is 1. The molecule has 757 valence electrons. The van der Waals surface area contributed by atoms with Crippen LogP contribution in [0.5, 0.6) is 0 Å². The molecule has 35 nitrogen and oxygen atoms in total. The molecule has 7 aromatic carbocycles. The monoisotopic (exact) mass is 1970 g/mol. The number of rotatable bonds is 16. The third kappa shape index (κ3) is 22.5. The Kier molecular flexibility index (Phi) is 32.1. The topological polar surface area (TPSA) is 474 Å². The number of amidine groups is 3. The molecule has 12 heterocycles. The molecule has 7 aromatic rings. The highest BCUT2D eigenvalue weighted by Crippen LogP contribution is 2.54. The van der Waals surface area contributed by atoms with E-state index in [1.807, 2.05) is 59.7 Å². The van der Waals surface area contributed by atoms with Crippen molar-refractivity contribution in [1.29, 1.82) is 0 Å². The van der Waals surface area contributed by atoms with Gasteiger partial charge in [0.15, 0.2) is 23.5 Å². The average Bonchev–Trinajstić information content (AvgIpc) is 1.66. The number of carbonyl (C=O) groups excluding carboxylic acids is 4. The second kappa shape index (κ2) is 42.9. The number of benzene rings is 7. The third-order valence-electron chi connectivity index (χ3n) is 26.9. The van der Waals surface area contributed by atoms with Crippen molar-refractivity contribution >= 4 is 90.5 Å². The highest BCUT2D eigenvalue weighted by atomic mass is 19.1. The number of fused-ring (bicyclic) bond motifs is 6. The number of amides is 1. The van der Waals surface area contributed by atoms with Crippen LogP contribution in [0.15, 0.2) is 182 Å². The van der Waals surface area contributed by atoms with Gasteiger partial charge >= 0.3 is 11.9 Å². The van der Waals surface area contributed by atoms with Gasteiger partial charge in [-0.3, -0.25) is 39.4 Å². The first kappa shape index (κ1) is 106. The van der Waals surface area contributed by atoms with Gasteiger partial charge in [0.1, 0.15) is 92.2 Å². The van der Waals surface area contributed by atoms with E-state index in [0.29, 0.717) is 71.5 Å². The largest absolute Gasteiger partial charge is 0.480 e. The van der Waals surface area contributed by atoms with E-state index in [4.69, 9.17) is 94.2 Å². The molecule has 142 heavy (non-hydrogen) atoms. The first-order valence-corrected chi connectivity index (χ1v) is 46.0. The van der Waals surface area contributed by atoms with Gasteiger partial charge in [-0.1, -0.05) is 66.7 Å². The van der Waals surface area contributed by atoms with Crippen LogP contribution >= 0.6 is 0 Å². The zero-order valence-electron chi connectivity index (χ0n) is 80.7. The molecule has 19 rings (SSSR count). The number of nitrogen functional groups attached to an aromatic ring is 1. The molecule has 6 fully saturated rings. The normalized spacial score (nSPS) is 29.1. The van der Waals surface area contributed by atoms with E-state index < -0.39 is 89.5 Å². The molecule has 0 aromatic heterocycles. The molecule has 0 unspecified atom stereocenters. The number of ether oxygens (including phenoxy) is 14. The number of carbonyl (C=O) groups is 4. The summed E-state index contributed by atoms with van der Waals surface area (Å²) < 4.78 is 164. The summed E-state index contributed by atoms with van der Waals surface area (Å²) in [6, 6.07) is 38.0. The molecule has 3 radical (unpaired) electrons. The molecule has 0 spiro atoms. The Morgan fingerprint density at radius 1 is 0.380 bits per heavy atom. The Labute approximate surface area is 817 Å². The maximum atomic E-state index is 14.7. The number of aliphatic imine (C=N–C) groups is 6. The molecular weight excluding hydrogens is 1860 g/mol. The molecular formula is C100H115BF6N13O22. The highest BCUT2D eigenvalue weighted by molar-refractivity contribution is 6.07. The SMILES string of the molecule is CC(=O)Nc1ccc(F)c([C@]23CO[C@H](C)[C@H]2COC(N)=N3)c1.C[C@H]1OC[C@]2(c3cc(N)ccc3F)N=C(CC(=O)OC(C)(C)C)OC[C@H]12.C[C@H]1OC[C@]2(c3cc([N+](=O)[O-])ccc3F)N=C(CC(=O)OC(C)(C)C)OC[C@H]12.C[C@H]1OC[C@]2(c3cc([N+](=O)[O-])ccc3F)N=C(N)OC[C@H]12.C[C@H]1OC[C@]2(c3ccccc3F)N=C(CC(=O)c3ccccc3)OC[C@H]12.C[C@H]1OC[C@]2(c3ccccc3F)N=C(N)OC[C@H]12.[B]. The van der Waals surface area contributed by atoms with Crippen LogP contribution in [0, 0.1) is 90.6 Å². The summed E-state index contributed by atoms with van der Waals surface area (Å²) in [5.41, 5.74) is 19.0. The van der Waals surface area contributed by atoms with Crippen molar-refractivity contribution in [2.75, 3.05) is 90.3 Å². The second-order valence-electron chi connectivity index (χ2n) is 38.4. The Morgan fingerprint density at radius 2 is 0.662 bits per heavy atom. The Bertz CT molecular complexity index is 6080. The van der Waals surface area contributed by atoms with E-state index >= 15 is 0 Å². The summed E-state index contributed by atoms with van der Waals surface area (Å²) in [5, 5.41) is 24.8. The fourth-order valence-corrected chi connectivity index (χ4v) is 19.8. The molecule has 18 atom stereocenters. The van der Waals surface area contributed by atoms with Crippen LogP contribution in [0.4, 0.5) is 49.1 Å². The van der Waals surface area contributed by atoms with Crippen LogP contribution in [-0.2, 0) is 114 Å². The van der Waals surface area contributed by atoms with E-state index in [-0.39, 0.29) is 228 Å². The molecule has 1 amide bonds. The zero-order chi connectivity index (χ0) is 102. The molecule has 0 saturated carbocycles. The lowest BCUT2D eigenvalue weighted by Gasteiger charge is -2.36. The van der Waals surface area contributed by atoms with E-state index in [9.17, 15) is 65.7 Å². The smallest absolute Gasteiger partial charge is 0.315 e. The lowest BCUT2D eigenvalue weighted by atomic mass is 9.77. The first-order chi connectivity index (χ1) is 66.7. The predicted molar refractivity (Wildman–Crippen MR) is 509 cm³/mol. The van der Waals surface area contributed by atoms with Crippen LogP contribution < -0.4 is 28.3 Å². The van der Waals surface area contributed by atoms with Crippen molar-refractivity contribution in [3.05, 3.63) is 246 Å². The fourth-order valence-electron chi connectivity index (χ4n) is 19.8. The number of Topliss-reactive ketones (excluding diaryl/α,β-unsaturated/α-hetero) is 1. The van der Waals surface area contributed by atoms with Crippen LogP contribution in [0.3, 0.4) is 0 Å². The number of hydrogen-bond acceptors (Lipinski definition) is 32. The number of hydrogen-bond donors (Lipinski definition) is 5. The van der Waals surface area contributed by atoms with E-state index in [0.717, 1.165) is 24.3 Å². The van der Waals surface area contributed by atoms with Crippen LogP contribution in [0.2, 0.25) is 0 Å². The molecule has 6 saturated heterocycles.